The van der Waals surface area contributed by atoms with Gasteiger partial charge in [0.05, 0.1) is 13.2 Å². The SMILES string of the molecule is C=CCCCOc1cc(OCCC)ccc1CC(N)CC. The minimum Gasteiger partial charge on any atom is -0.493 e. The molecule has 3 nitrogen and oxygen atoms in total. The molecule has 0 saturated carbocycles. The van der Waals surface area contributed by atoms with Gasteiger partial charge in [0.15, 0.2) is 0 Å². The Bertz CT molecular complexity index is 418. The third-order valence-corrected chi connectivity index (χ3v) is 3.33. The summed E-state index contributed by atoms with van der Waals surface area (Å²) in [5.74, 6) is 1.76. The first kappa shape index (κ1) is 17.6. The summed E-state index contributed by atoms with van der Waals surface area (Å²) in [6.45, 7) is 9.35. The van der Waals surface area contributed by atoms with E-state index in [9.17, 15) is 0 Å². The number of allylic oxidation sites excluding steroid dienone is 1. The second-order valence-corrected chi connectivity index (χ2v) is 5.27. The quantitative estimate of drug-likeness (QED) is 0.493. The maximum atomic E-state index is 6.07. The van der Waals surface area contributed by atoms with Gasteiger partial charge in [-0.15, -0.1) is 6.58 Å². The van der Waals surface area contributed by atoms with Crippen LogP contribution in [0.2, 0.25) is 0 Å². The van der Waals surface area contributed by atoms with Crippen molar-refractivity contribution >= 4 is 0 Å². The van der Waals surface area contributed by atoms with E-state index in [1.807, 2.05) is 18.2 Å². The van der Waals surface area contributed by atoms with Crippen LogP contribution in [0.5, 0.6) is 11.5 Å². The van der Waals surface area contributed by atoms with Gasteiger partial charge in [0.1, 0.15) is 11.5 Å². The van der Waals surface area contributed by atoms with Gasteiger partial charge in [-0.3, -0.25) is 0 Å². The van der Waals surface area contributed by atoms with Crippen LogP contribution in [-0.4, -0.2) is 19.3 Å². The lowest BCUT2D eigenvalue weighted by atomic mass is 10.0. The Morgan fingerprint density at radius 2 is 2.05 bits per heavy atom. The Hall–Kier alpha value is -1.48. The molecule has 0 saturated heterocycles. The number of unbranched alkanes of at least 4 members (excludes halogenated alkanes) is 1. The number of rotatable bonds is 11. The Balaban J connectivity index is 2.76. The third kappa shape index (κ3) is 6.67. The molecule has 0 aliphatic rings. The maximum absolute atomic E-state index is 6.07. The lowest BCUT2D eigenvalue weighted by Crippen LogP contribution is -2.21. The van der Waals surface area contributed by atoms with E-state index in [-0.39, 0.29) is 6.04 Å². The van der Waals surface area contributed by atoms with Crippen molar-refractivity contribution in [1.82, 2.24) is 0 Å². The van der Waals surface area contributed by atoms with Gasteiger partial charge < -0.3 is 15.2 Å². The maximum Gasteiger partial charge on any atom is 0.126 e. The lowest BCUT2D eigenvalue weighted by Gasteiger charge is -2.16. The molecule has 0 fully saturated rings. The van der Waals surface area contributed by atoms with Crippen LogP contribution in [-0.2, 0) is 6.42 Å². The standard InChI is InChI=1S/C18H29NO2/c1-4-7-8-12-21-18-14-17(20-11-5-2)10-9-15(18)13-16(19)6-3/h4,9-10,14,16H,1,5-8,11-13,19H2,2-3H3. The molecule has 21 heavy (non-hydrogen) atoms. The highest BCUT2D eigenvalue weighted by atomic mass is 16.5. The van der Waals surface area contributed by atoms with E-state index in [0.29, 0.717) is 6.61 Å². The van der Waals surface area contributed by atoms with Gasteiger partial charge in [0.25, 0.3) is 0 Å². The summed E-state index contributed by atoms with van der Waals surface area (Å²) in [4.78, 5) is 0. The summed E-state index contributed by atoms with van der Waals surface area (Å²) < 4.78 is 11.6. The number of ether oxygens (including phenoxy) is 2. The van der Waals surface area contributed by atoms with Crippen LogP contribution >= 0.6 is 0 Å². The first-order chi connectivity index (χ1) is 10.2. The van der Waals surface area contributed by atoms with Crippen molar-refractivity contribution in [2.75, 3.05) is 13.2 Å². The fourth-order valence-corrected chi connectivity index (χ4v) is 1.98. The fourth-order valence-electron chi connectivity index (χ4n) is 1.98. The van der Waals surface area contributed by atoms with Crippen LogP contribution < -0.4 is 15.2 Å². The zero-order valence-electron chi connectivity index (χ0n) is 13.4. The third-order valence-electron chi connectivity index (χ3n) is 3.33. The topological polar surface area (TPSA) is 44.5 Å². The molecule has 1 atom stereocenters. The van der Waals surface area contributed by atoms with E-state index < -0.39 is 0 Å². The molecule has 1 aromatic rings. The van der Waals surface area contributed by atoms with Gasteiger partial charge in [0, 0.05) is 12.1 Å². The molecule has 0 aromatic heterocycles. The Morgan fingerprint density at radius 3 is 2.71 bits per heavy atom. The van der Waals surface area contributed by atoms with E-state index in [0.717, 1.165) is 55.8 Å². The largest absolute Gasteiger partial charge is 0.493 e. The molecular formula is C18H29NO2. The molecule has 0 aliphatic carbocycles. The van der Waals surface area contributed by atoms with Crippen LogP contribution in [0.3, 0.4) is 0 Å². The second-order valence-electron chi connectivity index (χ2n) is 5.27. The van der Waals surface area contributed by atoms with Crippen molar-refractivity contribution in [3.05, 3.63) is 36.4 Å². The fraction of sp³-hybridized carbons (Fsp3) is 0.556. The molecule has 1 rings (SSSR count). The highest BCUT2D eigenvalue weighted by molar-refractivity contribution is 5.41. The lowest BCUT2D eigenvalue weighted by molar-refractivity contribution is 0.296. The average molecular weight is 291 g/mol. The summed E-state index contributed by atoms with van der Waals surface area (Å²) in [6, 6.07) is 6.23. The minimum absolute atomic E-state index is 0.169. The van der Waals surface area contributed by atoms with Crippen LogP contribution in [0.1, 0.15) is 45.1 Å². The van der Waals surface area contributed by atoms with Crippen molar-refractivity contribution in [3.63, 3.8) is 0 Å². The summed E-state index contributed by atoms with van der Waals surface area (Å²) >= 11 is 0. The van der Waals surface area contributed by atoms with Gasteiger partial charge in [0.2, 0.25) is 0 Å². The molecule has 1 unspecified atom stereocenters. The van der Waals surface area contributed by atoms with E-state index >= 15 is 0 Å². The predicted octanol–water partition coefficient (Wildman–Crippen LogP) is 4.10. The molecule has 3 heteroatoms. The number of nitrogens with two attached hydrogens (primary N) is 1. The van der Waals surface area contributed by atoms with Crippen LogP contribution in [0.15, 0.2) is 30.9 Å². The van der Waals surface area contributed by atoms with Crippen molar-refractivity contribution in [1.29, 1.82) is 0 Å². The smallest absolute Gasteiger partial charge is 0.126 e. The number of benzene rings is 1. The van der Waals surface area contributed by atoms with Gasteiger partial charge in [-0.2, -0.15) is 0 Å². The normalized spacial score (nSPS) is 12.0. The molecule has 0 heterocycles. The molecule has 1 aromatic carbocycles. The first-order valence-electron chi connectivity index (χ1n) is 7.96. The second kappa shape index (κ2) is 10.3. The van der Waals surface area contributed by atoms with Crippen molar-refractivity contribution in [2.24, 2.45) is 5.73 Å². The minimum atomic E-state index is 0.169. The molecule has 0 bridgehead atoms. The molecule has 0 radical (unpaired) electrons. The van der Waals surface area contributed by atoms with Crippen molar-refractivity contribution in [2.45, 2.75) is 52.0 Å². The van der Waals surface area contributed by atoms with Crippen molar-refractivity contribution in [3.8, 4) is 11.5 Å². The van der Waals surface area contributed by atoms with Gasteiger partial charge in [-0.1, -0.05) is 26.0 Å². The monoisotopic (exact) mass is 291 g/mol. The van der Waals surface area contributed by atoms with Crippen LogP contribution in [0.25, 0.3) is 0 Å². The zero-order valence-corrected chi connectivity index (χ0v) is 13.4. The summed E-state index contributed by atoms with van der Waals surface area (Å²) in [6.07, 6.45) is 6.65. The van der Waals surface area contributed by atoms with E-state index in [1.54, 1.807) is 0 Å². The molecule has 0 spiro atoms. The summed E-state index contributed by atoms with van der Waals surface area (Å²) in [7, 11) is 0. The summed E-state index contributed by atoms with van der Waals surface area (Å²) in [5, 5.41) is 0. The van der Waals surface area contributed by atoms with Gasteiger partial charge in [-0.25, -0.2) is 0 Å². The predicted molar refractivity (Wildman–Crippen MR) is 89.1 cm³/mol. The molecule has 118 valence electrons. The van der Waals surface area contributed by atoms with Crippen molar-refractivity contribution < 1.29 is 9.47 Å². The van der Waals surface area contributed by atoms with Crippen LogP contribution in [0.4, 0.5) is 0 Å². The highest BCUT2D eigenvalue weighted by Gasteiger charge is 2.10. The Kier molecular flexibility index (Phi) is 8.60. The van der Waals surface area contributed by atoms with E-state index in [1.165, 1.54) is 0 Å². The number of hydrogen-bond donors (Lipinski definition) is 1. The highest BCUT2D eigenvalue weighted by Crippen LogP contribution is 2.26. The Labute approximate surface area is 129 Å². The molecule has 2 N–H and O–H groups in total. The Morgan fingerprint density at radius 1 is 1.24 bits per heavy atom. The molecule has 0 aliphatic heterocycles. The van der Waals surface area contributed by atoms with Gasteiger partial charge in [-0.05, 0) is 43.7 Å². The molecular weight excluding hydrogens is 262 g/mol. The van der Waals surface area contributed by atoms with Crippen LogP contribution in [0, 0.1) is 0 Å². The number of hydrogen-bond acceptors (Lipinski definition) is 3. The molecule has 0 amide bonds. The first-order valence-corrected chi connectivity index (χ1v) is 7.96. The van der Waals surface area contributed by atoms with Gasteiger partial charge >= 0.3 is 0 Å². The van der Waals surface area contributed by atoms with E-state index in [4.69, 9.17) is 15.2 Å². The average Bonchev–Trinajstić information content (AvgIpc) is 2.51. The zero-order chi connectivity index (χ0) is 15.5. The van der Waals surface area contributed by atoms with E-state index in [2.05, 4.69) is 26.5 Å². The summed E-state index contributed by atoms with van der Waals surface area (Å²) in [5.41, 5.74) is 7.23.